The Labute approximate surface area is 94.4 Å². The van der Waals surface area contributed by atoms with Crippen molar-refractivity contribution < 1.29 is 32.8 Å². The van der Waals surface area contributed by atoms with E-state index in [9.17, 15) is 4.89 Å². The first-order chi connectivity index (χ1) is 5.81. The maximum atomic E-state index is 10.9. The van der Waals surface area contributed by atoms with Gasteiger partial charge in [0, 0.05) is 0 Å². The van der Waals surface area contributed by atoms with Gasteiger partial charge < -0.3 is 13.9 Å². The summed E-state index contributed by atoms with van der Waals surface area (Å²) in [5.41, 5.74) is 0. The third-order valence-corrected chi connectivity index (χ3v) is 2.18. The van der Waals surface area contributed by atoms with Gasteiger partial charge in [-0.2, -0.15) is 0 Å². The summed E-state index contributed by atoms with van der Waals surface area (Å²) in [6.07, 6.45) is 3.99. The van der Waals surface area contributed by atoms with E-state index in [1.807, 2.05) is 0 Å². The smallest absolute Gasteiger partial charge is 0.786 e. The zero-order valence-electron chi connectivity index (χ0n) is 8.91. The third-order valence-electron chi connectivity index (χ3n) is 1.39. The average molecular weight is 200 g/mol. The molecule has 0 saturated carbocycles. The van der Waals surface area contributed by atoms with Crippen LogP contribution in [0.4, 0.5) is 0 Å². The first kappa shape index (κ1) is 16.3. The molecule has 0 aliphatic heterocycles. The summed E-state index contributed by atoms with van der Waals surface area (Å²) in [7, 11) is -1.85. The number of hydrogen-bond acceptors (Lipinski definition) is 3. The van der Waals surface area contributed by atoms with Gasteiger partial charge in [-0.15, -0.1) is 0 Å². The average Bonchev–Trinajstić information content (AvgIpc) is 2.06. The molecule has 0 aliphatic rings. The second-order valence-corrected chi connectivity index (χ2v) is 3.56. The Morgan fingerprint density at radius 3 is 1.69 bits per heavy atom. The van der Waals surface area contributed by atoms with E-state index in [-0.39, 0.29) is 18.9 Å². The van der Waals surface area contributed by atoms with Gasteiger partial charge in [0.25, 0.3) is 0 Å². The first-order valence-electron chi connectivity index (χ1n) is 4.54. The van der Waals surface area contributed by atoms with E-state index in [4.69, 9.17) is 9.05 Å². The predicted molar refractivity (Wildman–Crippen MR) is 48.6 cm³/mol. The summed E-state index contributed by atoms with van der Waals surface area (Å²) in [6, 6.07) is 0. The maximum Gasteiger partial charge on any atom is 1.00 e. The number of hydrogen-bond donors (Lipinski definition) is 0. The van der Waals surface area contributed by atoms with Crippen molar-refractivity contribution in [3.05, 3.63) is 0 Å². The molecule has 0 rings (SSSR count). The summed E-state index contributed by atoms with van der Waals surface area (Å²) >= 11 is 0. The Balaban J connectivity index is 0. The number of rotatable bonds is 8. The van der Waals surface area contributed by atoms with E-state index in [1.54, 1.807) is 0 Å². The quantitative estimate of drug-likeness (QED) is 0.293. The topological polar surface area (TPSA) is 41.5 Å². The van der Waals surface area contributed by atoms with Gasteiger partial charge in [0.15, 0.2) is 0 Å². The standard InChI is InChI=1S/C8H18O3P.Li/c1-3-5-7-10-12(9)11-8-6-4-2;/h3-8H2,1-2H3;/q-1;+1. The van der Waals surface area contributed by atoms with Gasteiger partial charge in [-0.05, 0) is 12.8 Å². The molecule has 0 fully saturated rings. The molecule has 0 unspecified atom stereocenters. The molecule has 13 heavy (non-hydrogen) atoms. The molecule has 0 amide bonds. The summed E-state index contributed by atoms with van der Waals surface area (Å²) in [5, 5.41) is 0. The van der Waals surface area contributed by atoms with E-state index in [1.165, 1.54) is 0 Å². The molecule has 0 bridgehead atoms. The van der Waals surface area contributed by atoms with Gasteiger partial charge in [0.2, 0.25) is 0 Å². The van der Waals surface area contributed by atoms with Crippen molar-refractivity contribution in [2.75, 3.05) is 13.2 Å². The van der Waals surface area contributed by atoms with Gasteiger partial charge in [-0.25, -0.2) is 0 Å². The normalized spacial score (nSPS) is 10.2. The van der Waals surface area contributed by atoms with Crippen molar-refractivity contribution >= 4 is 8.60 Å². The largest absolute Gasteiger partial charge is 1.00 e. The minimum atomic E-state index is -1.85. The van der Waals surface area contributed by atoms with Gasteiger partial charge in [-0.3, -0.25) is 0 Å². The second kappa shape index (κ2) is 12.9. The maximum absolute atomic E-state index is 10.9. The molecule has 0 spiro atoms. The summed E-state index contributed by atoms with van der Waals surface area (Å²) in [4.78, 5) is 10.9. The molecule has 5 heteroatoms. The number of unbranched alkanes of at least 4 members (excludes halogenated alkanes) is 2. The van der Waals surface area contributed by atoms with E-state index in [2.05, 4.69) is 13.8 Å². The molecule has 0 radical (unpaired) electrons. The van der Waals surface area contributed by atoms with E-state index in [0.717, 1.165) is 25.7 Å². The van der Waals surface area contributed by atoms with Crippen molar-refractivity contribution in [1.82, 2.24) is 0 Å². The van der Waals surface area contributed by atoms with Crippen LogP contribution in [0.2, 0.25) is 0 Å². The summed E-state index contributed by atoms with van der Waals surface area (Å²) in [5.74, 6) is 0. The van der Waals surface area contributed by atoms with E-state index >= 15 is 0 Å². The van der Waals surface area contributed by atoms with Crippen LogP contribution in [-0.2, 0) is 9.05 Å². The molecule has 3 nitrogen and oxygen atoms in total. The summed E-state index contributed by atoms with van der Waals surface area (Å²) < 4.78 is 9.83. The molecule has 0 aliphatic carbocycles. The van der Waals surface area contributed by atoms with Crippen LogP contribution < -0.4 is 23.8 Å². The van der Waals surface area contributed by atoms with Crippen LogP contribution in [0.3, 0.4) is 0 Å². The molecule has 0 aromatic rings. The third kappa shape index (κ3) is 12.9. The van der Waals surface area contributed by atoms with Crippen molar-refractivity contribution in [2.45, 2.75) is 39.5 Å². The van der Waals surface area contributed by atoms with Gasteiger partial charge in [-0.1, -0.05) is 26.7 Å². The van der Waals surface area contributed by atoms with Crippen LogP contribution in [0.1, 0.15) is 39.5 Å². The SMILES string of the molecule is CCCCOP([O-])OCCCC.[Li+]. The molecule has 0 aromatic heterocycles. The van der Waals surface area contributed by atoms with Crippen molar-refractivity contribution in [3.8, 4) is 0 Å². The Morgan fingerprint density at radius 1 is 1.00 bits per heavy atom. The molecule has 0 aromatic carbocycles. The predicted octanol–water partition coefficient (Wildman–Crippen LogP) is -0.789. The van der Waals surface area contributed by atoms with Crippen molar-refractivity contribution in [1.29, 1.82) is 0 Å². The minimum Gasteiger partial charge on any atom is -0.786 e. The molecule has 74 valence electrons. The monoisotopic (exact) mass is 200 g/mol. The Bertz CT molecular complexity index is 85.5. The Hall–Kier alpha value is 0.907. The molecular formula is C8H18LiO3P. The fourth-order valence-electron chi connectivity index (χ4n) is 0.604. The van der Waals surface area contributed by atoms with Crippen LogP contribution >= 0.6 is 8.60 Å². The molecular weight excluding hydrogens is 182 g/mol. The zero-order chi connectivity index (χ0) is 9.23. The van der Waals surface area contributed by atoms with Crippen LogP contribution in [0.25, 0.3) is 0 Å². The van der Waals surface area contributed by atoms with Gasteiger partial charge >= 0.3 is 18.9 Å². The van der Waals surface area contributed by atoms with Crippen LogP contribution in [0.15, 0.2) is 0 Å². The molecule has 0 saturated heterocycles. The minimum absolute atomic E-state index is 0. The Kier molecular flexibility index (Phi) is 16.2. The first-order valence-corrected chi connectivity index (χ1v) is 5.63. The molecule has 0 N–H and O–H groups in total. The zero-order valence-corrected chi connectivity index (χ0v) is 9.81. The van der Waals surface area contributed by atoms with Crippen molar-refractivity contribution in [3.63, 3.8) is 0 Å². The summed E-state index contributed by atoms with van der Waals surface area (Å²) in [6.45, 7) is 5.21. The van der Waals surface area contributed by atoms with Gasteiger partial charge in [0.1, 0.15) is 0 Å². The van der Waals surface area contributed by atoms with Crippen molar-refractivity contribution in [2.24, 2.45) is 0 Å². The van der Waals surface area contributed by atoms with Crippen LogP contribution in [0, 0.1) is 0 Å². The van der Waals surface area contributed by atoms with E-state index < -0.39 is 8.60 Å². The fraction of sp³-hybridized carbons (Fsp3) is 1.00. The second-order valence-electron chi connectivity index (χ2n) is 2.60. The van der Waals surface area contributed by atoms with E-state index in [0.29, 0.717) is 13.2 Å². The molecule has 0 heterocycles. The van der Waals surface area contributed by atoms with Crippen LogP contribution in [-0.4, -0.2) is 13.2 Å². The fourth-order valence-corrected chi connectivity index (χ4v) is 1.23. The van der Waals surface area contributed by atoms with Gasteiger partial charge in [0.05, 0.1) is 21.8 Å². The molecule has 0 atom stereocenters. The van der Waals surface area contributed by atoms with Crippen LogP contribution in [0.5, 0.6) is 0 Å². The Morgan fingerprint density at radius 2 is 1.38 bits per heavy atom.